The second-order valence-electron chi connectivity index (χ2n) is 10.0. The third-order valence-electron chi connectivity index (χ3n) is 7.23. The van der Waals surface area contributed by atoms with Gasteiger partial charge in [0.15, 0.2) is 6.61 Å². The summed E-state index contributed by atoms with van der Waals surface area (Å²) in [6, 6.07) is 12.8. The number of amides is 2. The zero-order valence-corrected chi connectivity index (χ0v) is 22.3. The molecule has 0 saturated carbocycles. The van der Waals surface area contributed by atoms with Crippen molar-refractivity contribution in [1.82, 2.24) is 10.3 Å². The Hall–Kier alpha value is -4.12. The summed E-state index contributed by atoms with van der Waals surface area (Å²) in [7, 11) is 0. The lowest BCUT2D eigenvalue weighted by atomic mass is 9.84. The molecule has 2 aromatic carbocycles. The van der Waals surface area contributed by atoms with E-state index >= 15 is 0 Å². The Morgan fingerprint density at radius 2 is 1.65 bits per heavy atom. The standard InChI is InChI=1S/C30H36N6O4/c31-11-9-19-15-33-27-7-5-23(13-25(19)27)39-17-29(37)35-21-1-2-22(4-3-21)36-30(38)18-40-24-6-8-28-26(14-24)20(10-12-32)16-34-28/h1-8,13,15-16,24,26,28,33-34H,9-12,14,17-18,31-32H2,(H,35,37)(H,36,38). The van der Waals surface area contributed by atoms with Crippen LogP contribution >= 0.6 is 0 Å². The Labute approximate surface area is 233 Å². The highest BCUT2D eigenvalue weighted by Gasteiger charge is 2.32. The van der Waals surface area contributed by atoms with Crippen LogP contribution in [-0.2, 0) is 20.7 Å². The second-order valence-corrected chi connectivity index (χ2v) is 10.0. The molecule has 2 aliphatic rings. The molecule has 1 aliphatic carbocycles. The van der Waals surface area contributed by atoms with Gasteiger partial charge in [-0.3, -0.25) is 9.59 Å². The van der Waals surface area contributed by atoms with Crippen LogP contribution in [0.25, 0.3) is 10.9 Å². The first kappa shape index (κ1) is 27.4. The Morgan fingerprint density at radius 1 is 0.925 bits per heavy atom. The van der Waals surface area contributed by atoms with Gasteiger partial charge in [-0.2, -0.15) is 0 Å². The first-order valence-electron chi connectivity index (χ1n) is 13.6. The highest BCUT2D eigenvalue weighted by molar-refractivity contribution is 5.94. The first-order valence-corrected chi connectivity index (χ1v) is 13.6. The molecule has 0 radical (unpaired) electrons. The molecule has 40 heavy (non-hydrogen) atoms. The van der Waals surface area contributed by atoms with Gasteiger partial charge in [0.05, 0.1) is 12.1 Å². The molecule has 8 N–H and O–H groups in total. The maximum Gasteiger partial charge on any atom is 0.262 e. The van der Waals surface area contributed by atoms with Gasteiger partial charge in [0.25, 0.3) is 5.91 Å². The van der Waals surface area contributed by atoms with Gasteiger partial charge in [-0.25, -0.2) is 0 Å². The van der Waals surface area contributed by atoms with Crippen LogP contribution < -0.4 is 32.2 Å². The molecular formula is C30H36N6O4. The van der Waals surface area contributed by atoms with Gasteiger partial charge in [0.1, 0.15) is 12.4 Å². The van der Waals surface area contributed by atoms with Gasteiger partial charge in [0.2, 0.25) is 5.91 Å². The van der Waals surface area contributed by atoms with Gasteiger partial charge in [0, 0.05) is 34.4 Å². The quantitative estimate of drug-likeness (QED) is 0.191. The topological polar surface area (TPSA) is 157 Å². The van der Waals surface area contributed by atoms with E-state index in [1.807, 2.05) is 30.5 Å². The van der Waals surface area contributed by atoms with Crippen LogP contribution in [0.3, 0.4) is 0 Å². The summed E-state index contributed by atoms with van der Waals surface area (Å²) < 4.78 is 11.6. The number of aromatic nitrogens is 1. The number of hydrogen-bond donors (Lipinski definition) is 6. The number of benzene rings is 2. The van der Waals surface area contributed by atoms with Crippen molar-refractivity contribution >= 4 is 34.1 Å². The van der Waals surface area contributed by atoms with Crippen molar-refractivity contribution in [3.05, 3.63) is 78.1 Å². The highest BCUT2D eigenvalue weighted by Crippen LogP contribution is 2.33. The predicted molar refractivity (Wildman–Crippen MR) is 156 cm³/mol. The predicted octanol–water partition coefficient (Wildman–Crippen LogP) is 2.79. The third kappa shape index (κ3) is 6.71. The fraction of sp³-hybridized carbons (Fsp3) is 0.333. The van der Waals surface area contributed by atoms with Crippen LogP contribution in [-0.4, -0.2) is 55.2 Å². The fourth-order valence-electron chi connectivity index (χ4n) is 5.24. The monoisotopic (exact) mass is 544 g/mol. The molecule has 2 heterocycles. The third-order valence-corrected chi connectivity index (χ3v) is 7.23. The van der Waals surface area contributed by atoms with Gasteiger partial charge in [-0.15, -0.1) is 0 Å². The van der Waals surface area contributed by atoms with Crippen LogP contribution in [0.2, 0.25) is 0 Å². The minimum atomic E-state index is -0.286. The minimum Gasteiger partial charge on any atom is -0.484 e. The van der Waals surface area contributed by atoms with E-state index in [0.29, 0.717) is 36.1 Å². The molecule has 10 heteroatoms. The van der Waals surface area contributed by atoms with Crippen LogP contribution in [0.5, 0.6) is 5.75 Å². The number of H-pyrrole nitrogens is 1. The Kier molecular flexibility index (Phi) is 8.80. The largest absolute Gasteiger partial charge is 0.484 e. The van der Waals surface area contributed by atoms with E-state index in [9.17, 15) is 9.59 Å². The lowest BCUT2D eigenvalue weighted by Gasteiger charge is -2.28. The molecule has 1 aliphatic heterocycles. The normalized spacial score (nSPS) is 19.6. The van der Waals surface area contributed by atoms with Crippen molar-refractivity contribution in [1.29, 1.82) is 0 Å². The summed E-state index contributed by atoms with van der Waals surface area (Å²) in [5.74, 6) is 0.437. The molecule has 0 bridgehead atoms. The van der Waals surface area contributed by atoms with Crippen LogP contribution in [0.15, 0.2) is 72.6 Å². The number of rotatable bonds is 12. The van der Waals surface area contributed by atoms with Crippen molar-refractivity contribution in [2.75, 3.05) is 36.9 Å². The average molecular weight is 545 g/mol. The van der Waals surface area contributed by atoms with Crippen molar-refractivity contribution in [3.63, 3.8) is 0 Å². The number of carbonyl (C=O) groups excluding carboxylic acids is 2. The van der Waals surface area contributed by atoms with Gasteiger partial charge in [-0.1, -0.05) is 12.2 Å². The van der Waals surface area contributed by atoms with E-state index in [0.717, 1.165) is 35.7 Å². The molecular weight excluding hydrogens is 508 g/mol. The summed E-state index contributed by atoms with van der Waals surface area (Å²) in [4.78, 5) is 28.1. The molecule has 10 nitrogen and oxygen atoms in total. The summed E-state index contributed by atoms with van der Waals surface area (Å²) >= 11 is 0. The lowest BCUT2D eigenvalue weighted by molar-refractivity contribution is -0.122. The van der Waals surface area contributed by atoms with E-state index in [-0.39, 0.29) is 37.2 Å². The summed E-state index contributed by atoms with van der Waals surface area (Å²) in [6.07, 6.45) is 10.4. The molecule has 0 saturated heterocycles. The molecule has 3 atom stereocenters. The molecule has 1 aromatic heterocycles. The number of nitrogens with two attached hydrogens (primary N) is 2. The first-order chi connectivity index (χ1) is 19.5. The van der Waals surface area contributed by atoms with E-state index in [4.69, 9.17) is 20.9 Å². The molecule has 3 unspecified atom stereocenters. The molecule has 2 amide bonds. The average Bonchev–Trinajstić information content (AvgIpc) is 3.56. The number of anilines is 2. The van der Waals surface area contributed by atoms with Crippen molar-refractivity contribution in [2.45, 2.75) is 31.4 Å². The number of fused-ring (bicyclic) bond motifs is 2. The van der Waals surface area contributed by atoms with E-state index in [1.165, 1.54) is 5.57 Å². The zero-order valence-electron chi connectivity index (χ0n) is 22.3. The molecule has 0 fully saturated rings. The maximum absolute atomic E-state index is 12.5. The molecule has 3 aromatic rings. The number of nitrogens with one attached hydrogen (secondary N) is 4. The molecule has 0 spiro atoms. The van der Waals surface area contributed by atoms with Crippen molar-refractivity contribution in [2.24, 2.45) is 17.4 Å². The van der Waals surface area contributed by atoms with Gasteiger partial charge < -0.3 is 41.9 Å². The van der Waals surface area contributed by atoms with E-state index in [2.05, 4.69) is 33.2 Å². The van der Waals surface area contributed by atoms with Crippen LogP contribution in [0, 0.1) is 5.92 Å². The van der Waals surface area contributed by atoms with Crippen molar-refractivity contribution < 1.29 is 19.1 Å². The highest BCUT2D eigenvalue weighted by atomic mass is 16.5. The van der Waals surface area contributed by atoms with Gasteiger partial charge in [-0.05, 0) is 92.2 Å². The van der Waals surface area contributed by atoms with Crippen LogP contribution in [0.1, 0.15) is 18.4 Å². The summed E-state index contributed by atoms with van der Waals surface area (Å²) in [5, 5.41) is 10.1. The number of carbonyl (C=O) groups is 2. The zero-order chi connectivity index (χ0) is 27.9. The lowest BCUT2D eigenvalue weighted by Crippen LogP contribution is -2.34. The summed E-state index contributed by atoms with van der Waals surface area (Å²) in [5.41, 5.74) is 16.1. The van der Waals surface area contributed by atoms with E-state index < -0.39 is 0 Å². The van der Waals surface area contributed by atoms with E-state index in [1.54, 1.807) is 24.3 Å². The Bertz CT molecular complexity index is 1400. The second kappa shape index (κ2) is 12.8. The Morgan fingerprint density at radius 3 is 2.38 bits per heavy atom. The van der Waals surface area contributed by atoms with Crippen molar-refractivity contribution in [3.8, 4) is 5.75 Å². The van der Waals surface area contributed by atoms with Crippen LogP contribution in [0.4, 0.5) is 11.4 Å². The fourth-order valence-corrected chi connectivity index (χ4v) is 5.24. The number of ether oxygens (including phenoxy) is 2. The maximum atomic E-state index is 12.5. The van der Waals surface area contributed by atoms with Gasteiger partial charge >= 0.3 is 0 Å². The number of hydrogen-bond acceptors (Lipinski definition) is 7. The molecule has 5 rings (SSSR count). The molecule has 210 valence electrons. The SMILES string of the molecule is NCCC1=CNC2C=CC(OCC(=O)Nc3ccc(NC(=O)COc4ccc5[nH]cc(CCN)c5c4)cc3)CC12. The Balaban J connectivity index is 1.05. The number of aromatic amines is 1. The smallest absolute Gasteiger partial charge is 0.262 e. The minimum absolute atomic E-state index is 0.0478. The summed E-state index contributed by atoms with van der Waals surface area (Å²) in [6.45, 7) is 0.997.